The molecule has 2 radical (unpaired) electrons. The van der Waals surface area contributed by atoms with Crippen LogP contribution in [0, 0.1) is 20.5 Å². The van der Waals surface area contributed by atoms with Crippen molar-refractivity contribution in [2.24, 2.45) is 0 Å². The van der Waals surface area contributed by atoms with Crippen LogP contribution in [0.15, 0.2) is 231 Å². The van der Waals surface area contributed by atoms with E-state index in [1.807, 2.05) is 133 Å². The molecule has 4 aromatic heterocycles. The van der Waals surface area contributed by atoms with Crippen LogP contribution in [0.5, 0.6) is 23.0 Å². The SMILES string of the molecule is CC(C)=O.CC(C)=O.[Cu+2].[Cu+2].[O-][Cl+3]([O-])([O-])[O-].[O-][Cl+3]([O-])([O-])[O-].[O-]c1ccc(O)cc1-c1cccc(CN(Cc2ccccc2)Cc2cccc(-c3ccccc3)n2)n1.[O-]c1ccc(O)cc1-c1cccc(CN(Cc2ccccc2)Cc2cccc(-c3ccccc3)n2)n1. The summed E-state index contributed by atoms with van der Waals surface area (Å²) in [5, 5.41) is 44.5. The topological polar surface area (TPSA) is 363 Å². The number of rotatable bonds is 16. The number of carbonyl (C=O) groups is 2. The van der Waals surface area contributed by atoms with E-state index >= 15 is 0 Å². The maximum Gasteiger partial charge on any atom is 2.00 e. The molecule has 92 heavy (non-hydrogen) atoms. The molecule has 0 saturated heterocycles. The molecule has 10 aromatic rings. The Bertz CT molecular complexity index is 3540. The number of hydrogen-bond donors (Lipinski definition) is 2. The first-order valence-electron chi connectivity index (χ1n) is 27.4. The van der Waals surface area contributed by atoms with E-state index in [4.69, 9.17) is 57.2 Å². The Labute approximate surface area is 559 Å². The third-order valence-corrected chi connectivity index (χ3v) is 11.9. The summed E-state index contributed by atoms with van der Waals surface area (Å²) < 4.78 is 67.9. The van der Waals surface area contributed by atoms with Gasteiger partial charge in [0.15, 0.2) is 0 Å². The number of pyridine rings is 4. The first-order valence-corrected chi connectivity index (χ1v) is 29.9. The van der Waals surface area contributed by atoms with Gasteiger partial charge in [0.1, 0.15) is 23.1 Å². The van der Waals surface area contributed by atoms with Gasteiger partial charge in [-0.1, -0.05) is 169 Å². The van der Waals surface area contributed by atoms with Crippen LogP contribution < -0.4 is 47.5 Å². The zero-order valence-corrected chi connectivity index (χ0v) is 53.4. The molecule has 10 rings (SSSR count). The number of nitrogens with zero attached hydrogens (tertiary/aromatic N) is 6. The van der Waals surface area contributed by atoms with E-state index < -0.39 is 20.5 Å². The molecular weight excluding hydrogens is 1320 g/mol. The van der Waals surface area contributed by atoms with Crippen molar-refractivity contribution in [2.45, 2.75) is 67.0 Å². The normalized spacial score (nSPS) is 10.5. The van der Waals surface area contributed by atoms with Gasteiger partial charge in [-0.05, 0) is 123 Å². The van der Waals surface area contributed by atoms with Gasteiger partial charge >= 0.3 is 34.1 Å². The van der Waals surface area contributed by atoms with Gasteiger partial charge in [0.2, 0.25) is 0 Å². The Kier molecular flexibility index (Phi) is 33.7. The van der Waals surface area contributed by atoms with Gasteiger partial charge in [0.25, 0.3) is 0 Å². The number of ketones is 2. The summed E-state index contributed by atoms with van der Waals surface area (Å²) in [6.45, 7) is 9.99. The standard InChI is InChI=1S/2C31H27N3O2.2C3H6O.2ClHO4.2Cu/c2*35-27-17-18-31(36)28(19-27)30-16-8-14-26(33-30)22-34(20-23-9-3-1-4-10-23)21-25-13-7-15-29(32-25)24-11-5-2-6-12-24;2*1-3(2)4;2*2-1(3,4)5;;/h2*1-19,35-36H,20-22H2;2*1-2H3;2*(H,2,3,4,5);;/q;;;;;;2*+2/p-4. The third-order valence-electron chi connectivity index (χ3n) is 11.9. The summed E-state index contributed by atoms with van der Waals surface area (Å²) >= 11 is 0. The molecule has 2 N–H and O–H groups in total. The first-order chi connectivity index (χ1) is 42.7. The van der Waals surface area contributed by atoms with Crippen molar-refractivity contribution < 1.29 is 122 Å². The fraction of sp³-hybridized carbons (Fsp3) is 0.147. The van der Waals surface area contributed by atoms with Gasteiger partial charge in [0, 0.05) is 50.4 Å². The van der Waals surface area contributed by atoms with Crippen LogP contribution in [0.2, 0.25) is 0 Å². The Hall–Kier alpha value is -8.32. The van der Waals surface area contributed by atoms with Crippen LogP contribution >= 0.6 is 0 Å². The quantitative estimate of drug-likeness (QED) is 0.131. The van der Waals surface area contributed by atoms with Gasteiger partial charge in [0.05, 0.1) is 45.6 Å². The van der Waals surface area contributed by atoms with Crippen LogP contribution in [0.1, 0.15) is 61.6 Å². The maximum atomic E-state index is 12.4. The molecule has 6 aromatic carbocycles. The minimum Gasteiger partial charge on any atom is -0.872 e. The summed E-state index contributed by atoms with van der Waals surface area (Å²) in [4.78, 5) is 42.8. The largest absolute Gasteiger partial charge is 2.00 e. The predicted octanol–water partition coefficient (Wildman–Crippen LogP) is 3.26. The summed E-state index contributed by atoms with van der Waals surface area (Å²) in [6, 6.07) is 73.0. The molecule has 0 atom stereocenters. The zero-order valence-electron chi connectivity index (χ0n) is 50.0. The zero-order chi connectivity index (χ0) is 65.6. The molecule has 0 aliphatic heterocycles. The van der Waals surface area contributed by atoms with Crippen LogP contribution in [0.3, 0.4) is 0 Å². The number of aromatic hydroxyl groups is 2. The van der Waals surface area contributed by atoms with E-state index in [0.717, 1.165) is 58.4 Å². The minimum absolute atomic E-state index is 0. The molecule has 0 spiro atoms. The Balaban J connectivity index is 0.000000373. The second-order valence-corrected chi connectivity index (χ2v) is 21.5. The molecule has 4 heterocycles. The second-order valence-electron chi connectivity index (χ2n) is 20.0. The second kappa shape index (κ2) is 39.8. The molecule has 0 fully saturated rings. The van der Waals surface area contributed by atoms with Gasteiger partial charge in [-0.15, -0.1) is 20.5 Å². The Morgan fingerprint density at radius 1 is 0.348 bits per heavy atom. The van der Waals surface area contributed by atoms with Gasteiger partial charge < -0.3 is 30.0 Å². The fourth-order valence-corrected chi connectivity index (χ4v) is 8.48. The van der Waals surface area contributed by atoms with Crippen molar-refractivity contribution in [3.63, 3.8) is 0 Å². The van der Waals surface area contributed by atoms with E-state index in [1.54, 1.807) is 12.1 Å². The number of benzene rings is 6. The molecule has 0 unspecified atom stereocenters. The van der Waals surface area contributed by atoms with Gasteiger partial charge in [-0.2, -0.15) is 0 Å². The summed E-state index contributed by atoms with van der Waals surface area (Å²) in [6.07, 6.45) is 0. The molecular formula is C68H64Cl2Cu2N6O14. The Morgan fingerprint density at radius 2 is 0.587 bits per heavy atom. The third kappa shape index (κ3) is 31.6. The van der Waals surface area contributed by atoms with Crippen molar-refractivity contribution in [3.8, 4) is 68.0 Å². The van der Waals surface area contributed by atoms with E-state index in [2.05, 4.69) is 58.3 Å². The average molecular weight is 1390 g/mol. The smallest absolute Gasteiger partial charge is 0.872 e. The minimum atomic E-state index is -4.94. The van der Waals surface area contributed by atoms with Gasteiger partial charge in [-0.25, -0.2) is 37.3 Å². The summed E-state index contributed by atoms with van der Waals surface area (Å²) in [5.41, 5.74) is 12.0. The summed E-state index contributed by atoms with van der Waals surface area (Å²) in [7, 11) is -9.89. The molecule has 0 saturated carbocycles. The molecule has 0 amide bonds. The number of carbonyl (C=O) groups excluding carboxylic acids is 2. The van der Waals surface area contributed by atoms with Gasteiger partial charge in [-0.3, -0.25) is 29.7 Å². The number of phenolic OH excluding ortho intramolecular Hbond substituents is 2. The molecule has 0 bridgehead atoms. The fourth-order valence-electron chi connectivity index (χ4n) is 8.48. The number of hydrogen-bond acceptors (Lipinski definition) is 20. The van der Waals surface area contributed by atoms with Crippen LogP contribution in [0.25, 0.3) is 45.0 Å². The van der Waals surface area contributed by atoms with Crippen molar-refractivity contribution >= 4 is 11.6 Å². The van der Waals surface area contributed by atoms with E-state index in [-0.39, 0.29) is 68.7 Å². The summed E-state index contributed by atoms with van der Waals surface area (Å²) in [5.74, 6) is 0.0970. The van der Waals surface area contributed by atoms with E-state index in [0.29, 0.717) is 48.7 Å². The number of Topliss-reactive ketones (excluding diaryl/α,β-unsaturated/α-hetero) is 2. The molecule has 24 heteroatoms. The van der Waals surface area contributed by atoms with Crippen LogP contribution in [-0.4, -0.2) is 51.5 Å². The number of aromatic nitrogens is 4. The number of halogens is 2. The maximum absolute atomic E-state index is 12.4. The Morgan fingerprint density at radius 3 is 0.859 bits per heavy atom. The van der Waals surface area contributed by atoms with Crippen molar-refractivity contribution in [2.75, 3.05) is 0 Å². The van der Waals surface area contributed by atoms with Crippen molar-refractivity contribution in [3.05, 3.63) is 264 Å². The first kappa shape index (κ1) is 77.9. The predicted molar refractivity (Wildman–Crippen MR) is 312 cm³/mol. The average Bonchev–Trinajstić information content (AvgIpc) is 0.869. The van der Waals surface area contributed by atoms with E-state index in [1.165, 1.54) is 75.2 Å². The monoisotopic (exact) mass is 1380 g/mol. The number of phenols is 2. The molecule has 0 aliphatic carbocycles. The van der Waals surface area contributed by atoms with Crippen molar-refractivity contribution in [1.82, 2.24) is 29.7 Å². The van der Waals surface area contributed by atoms with Crippen LogP contribution in [0.4, 0.5) is 0 Å². The van der Waals surface area contributed by atoms with E-state index in [9.17, 15) is 30.0 Å². The molecule has 0 aliphatic rings. The molecule has 486 valence electrons. The van der Waals surface area contributed by atoms with Crippen LogP contribution in [-0.2, 0) is 83.0 Å². The van der Waals surface area contributed by atoms with Crippen molar-refractivity contribution in [1.29, 1.82) is 0 Å². The molecule has 20 nitrogen and oxygen atoms in total.